The molecule has 2 rings (SSSR count). The van der Waals surface area contributed by atoms with Crippen molar-refractivity contribution in [3.63, 3.8) is 0 Å². The SMILES string of the molecule is CCC(CC(=O)O)NC(=O)N1CC2CCCCN2CC1C. The molecule has 0 aliphatic carbocycles. The van der Waals surface area contributed by atoms with Crippen molar-refractivity contribution in [3.8, 4) is 0 Å². The van der Waals surface area contributed by atoms with E-state index in [1.165, 1.54) is 12.8 Å². The van der Waals surface area contributed by atoms with Crippen molar-refractivity contribution in [1.29, 1.82) is 0 Å². The van der Waals surface area contributed by atoms with Gasteiger partial charge in [-0.1, -0.05) is 13.3 Å². The number of carboxylic acids is 1. The molecule has 2 amide bonds. The molecule has 0 aromatic heterocycles. The predicted octanol–water partition coefficient (Wildman–Crippen LogP) is 1.51. The average molecular weight is 297 g/mol. The molecule has 0 aromatic carbocycles. The second-order valence-corrected chi connectivity index (χ2v) is 6.30. The monoisotopic (exact) mass is 297 g/mol. The number of piperazine rings is 1. The molecular formula is C15H27N3O3. The van der Waals surface area contributed by atoms with Gasteiger partial charge in [-0.25, -0.2) is 4.79 Å². The number of piperidine rings is 1. The van der Waals surface area contributed by atoms with E-state index in [-0.39, 0.29) is 24.5 Å². The number of nitrogens with zero attached hydrogens (tertiary/aromatic N) is 2. The molecule has 3 unspecified atom stereocenters. The molecule has 0 spiro atoms. The lowest BCUT2D eigenvalue weighted by Gasteiger charge is -2.47. The van der Waals surface area contributed by atoms with E-state index in [1.807, 2.05) is 11.8 Å². The van der Waals surface area contributed by atoms with E-state index in [0.717, 1.165) is 26.1 Å². The maximum Gasteiger partial charge on any atom is 0.317 e. The summed E-state index contributed by atoms with van der Waals surface area (Å²) < 4.78 is 0. The molecule has 2 heterocycles. The number of hydrogen-bond acceptors (Lipinski definition) is 3. The van der Waals surface area contributed by atoms with E-state index < -0.39 is 5.97 Å². The summed E-state index contributed by atoms with van der Waals surface area (Å²) in [4.78, 5) is 27.6. The van der Waals surface area contributed by atoms with Gasteiger partial charge in [-0.3, -0.25) is 9.69 Å². The topological polar surface area (TPSA) is 72.9 Å². The number of carboxylic acid groups (broad SMARTS) is 1. The Hall–Kier alpha value is -1.30. The third-order valence-corrected chi connectivity index (χ3v) is 4.69. The molecule has 21 heavy (non-hydrogen) atoms. The number of amides is 2. The zero-order valence-corrected chi connectivity index (χ0v) is 13.0. The first kappa shape index (κ1) is 16.1. The van der Waals surface area contributed by atoms with Gasteiger partial charge >= 0.3 is 12.0 Å². The summed E-state index contributed by atoms with van der Waals surface area (Å²) in [5.41, 5.74) is 0. The number of aliphatic carboxylic acids is 1. The van der Waals surface area contributed by atoms with E-state index in [2.05, 4.69) is 17.1 Å². The number of rotatable bonds is 4. The van der Waals surface area contributed by atoms with Gasteiger partial charge in [-0.15, -0.1) is 0 Å². The Morgan fingerprint density at radius 1 is 1.33 bits per heavy atom. The highest BCUT2D eigenvalue weighted by Crippen LogP contribution is 2.24. The molecule has 2 aliphatic heterocycles. The zero-order valence-electron chi connectivity index (χ0n) is 13.0. The lowest BCUT2D eigenvalue weighted by molar-refractivity contribution is -0.137. The van der Waals surface area contributed by atoms with E-state index in [1.54, 1.807) is 0 Å². The minimum Gasteiger partial charge on any atom is -0.481 e. The molecule has 6 heteroatoms. The van der Waals surface area contributed by atoms with Crippen molar-refractivity contribution < 1.29 is 14.7 Å². The van der Waals surface area contributed by atoms with E-state index in [4.69, 9.17) is 5.11 Å². The molecule has 0 aromatic rings. The molecule has 0 saturated carbocycles. The van der Waals surface area contributed by atoms with Crippen molar-refractivity contribution in [1.82, 2.24) is 15.1 Å². The van der Waals surface area contributed by atoms with Gasteiger partial charge < -0.3 is 15.3 Å². The standard InChI is InChI=1S/C15H27N3O3/c1-3-12(8-14(19)20)16-15(21)18-10-13-6-4-5-7-17(13)9-11(18)2/h11-13H,3-10H2,1-2H3,(H,16,21)(H,19,20). The van der Waals surface area contributed by atoms with Crippen molar-refractivity contribution in [3.05, 3.63) is 0 Å². The van der Waals surface area contributed by atoms with Crippen molar-refractivity contribution in [2.24, 2.45) is 0 Å². The highest BCUT2D eigenvalue weighted by Gasteiger charge is 2.35. The average Bonchev–Trinajstić information content (AvgIpc) is 2.45. The van der Waals surface area contributed by atoms with Gasteiger partial charge in [0.05, 0.1) is 6.42 Å². The first-order valence-electron chi connectivity index (χ1n) is 8.04. The van der Waals surface area contributed by atoms with Crippen molar-refractivity contribution in [2.45, 2.75) is 64.1 Å². The summed E-state index contributed by atoms with van der Waals surface area (Å²) in [6, 6.07) is 0.259. The summed E-state index contributed by atoms with van der Waals surface area (Å²) in [6.45, 7) is 6.80. The maximum atomic E-state index is 12.4. The number of carbonyl (C=O) groups excluding carboxylic acids is 1. The first-order valence-corrected chi connectivity index (χ1v) is 8.04. The number of nitrogens with one attached hydrogen (secondary N) is 1. The largest absolute Gasteiger partial charge is 0.481 e. The van der Waals surface area contributed by atoms with Crippen LogP contribution in [0.3, 0.4) is 0 Å². The molecule has 2 aliphatic rings. The van der Waals surface area contributed by atoms with E-state index in [0.29, 0.717) is 12.5 Å². The Kier molecular flexibility index (Phi) is 5.45. The zero-order chi connectivity index (χ0) is 15.4. The van der Waals surface area contributed by atoms with E-state index in [9.17, 15) is 9.59 Å². The summed E-state index contributed by atoms with van der Waals surface area (Å²) in [5, 5.41) is 11.8. The Labute approximate surface area is 126 Å². The molecule has 0 radical (unpaired) electrons. The Morgan fingerprint density at radius 3 is 2.76 bits per heavy atom. The summed E-state index contributed by atoms with van der Waals surface area (Å²) in [6.07, 6.45) is 4.27. The lowest BCUT2D eigenvalue weighted by atomic mass is 9.97. The molecule has 2 saturated heterocycles. The quantitative estimate of drug-likeness (QED) is 0.825. The van der Waals surface area contributed by atoms with Crippen LogP contribution in [-0.4, -0.2) is 64.7 Å². The number of carbonyl (C=O) groups is 2. The van der Waals surface area contributed by atoms with Crippen LogP contribution in [0.5, 0.6) is 0 Å². The van der Waals surface area contributed by atoms with Gasteiger partial charge in [0.2, 0.25) is 0 Å². The lowest BCUT2D eigenvalue weighted by Crippen LogP contribution is -2.62. The van der Waals surface area contributed by atoms with Gasteiger partial charge in [0, 0.05) is 31.2 Å². The Balaban J connectivity index is 1.93. The van der Waals surface area contributed by atoms with Gasteiger partial charge in [0.25, 0.3) is 0 Å². The van der Waals surface area contributed by atoms with Crippen LogP contribution in [0.25, 0.3) is 0 Å². The molecule has 2 fully saturated rings. The number of urea groups is 1. The molecule has 6 nitrogen and oxygen atoms in total. The summed E-state index contributed by atoms with van der Waals surface area (Å²) >= 11 is 0. The maximum absolute atomic E-state index is 12.4. The van der Waals surface area contributed by atoms with Crippen LogP contribution in [0.1, 0.15) is 46.0 Å². The molecular weight excluding hydrogens is 270 g/mol. The van der Waals surface area contributed by atoms with Gasteiger partial charge in [0.15, 0.2) is 0 Å². The normalized spacial score (nSPS) is 27.8. The Bertz CT molecular complexity index is 388. The molecule has 0 bridgehead atoms. The first-order chi connectivity index (χ1) is 10.0. The fourth-order valence-corrected chi connectivity index (χ4v) is 3.40. The summed E-state index contributed by atoms with van der Waals surface area (Å²) in [7, 11) is 0. The van der Waals surface area contributed by atoms with Crippen LogP contribution in [0.15, 0.2) is 0 Å². The highest BCUT2D eigenvalue weighted by molar-refractivity contribution is 5.76. The van der Waals surface area contributed by atoms with Gasteiger partial charge in [0.1, 0.15) is 0 Å². The minimum atomic E-state index is -0.868. The predicted molar refractivity (Wildman–Crippen MR) is 80.2 cm³/mol. The van der Waals surface area contributed by atoms with Crippen LogP contribution >= 0.6 is 0 Å². The Morgan fingerprint density at radius 2 is 2.10 bits per heavy atom. The van der Waals surface area contributed by atoms with Crippen molar-refractivity contribution in [2.75, 3.05) is 19.6 Å². The number of fused-ring (bicyclic) bond motifs is 1. The molecule has 3 atom stereocenters. The van der Waals surface area contributed by atoms with Crippen molar-refractivity contribution >= 4 is 12.0 Å². The van der Waals surface area contributed by atoms with Crippen LogP contribution in [0.4, 0.5) is 4.79 Å². The third kappa shape index (κ3) is 4.09. The van der Waals surface area contributed by atoms with Crippen LogP contribution in [0, 0.1) is 0 Å². The van der Waals surface area contributed by atoms with Gasteiger partial charge in [-0.05, 0) is 32.7 Å². The van der Waals surface area contributed by atoms with Crippen LogP contribution < -0.4 is 5.32 Å². The molecule has 120 valence electrons. The van der Waals surface area contributed by atoms with Crippen LogP contribution in [0.2, 0.25) is 0 Å². The number of hydrogen-bond donors (Lipinski definition) is 2. The second-order valence-electron chi connectivity index (χ2n) is 6.30. The van der Waals surface area contributed by atoms with Gasteiger partial charge in [-0.2, -0.15) is 0 Å². The third-order valence-electron chi connectivity index (χ3n) is 4.69. The summed E-state index contributed by atoms with van der Waals surface area (Å²) in [5.74, 6) is -0.868. The highest BCUT2D eigenvalue weighted by atomic mass is 16.4. The van der Waals surface area contributed by atoms with Crippen LogP contribution in [-0.2, 0) is 4.79 Å². The fourth-order valence-electron chi connectivity index (χ4n) is 3.40. The minimum absolute atomic E-state index is 0.0139. The fraction of sp³-hybridized carbons (Fsp3) is 0.867. The second kappa shape index (κ2) is 7.11. The van der Waals surface area contributed by atoms with E-state index >= 15 is 0 Å². The molecule has 2 N–H and O–H groups in total. The smallest absolute Gasteiger partial charge is 0.317 e.